The van der Waals surface area contributed by atoms with Crippen molar-refractivity contribution < 1.29 is 17.7 Å². The lowest BCUT2D eigenvalue weighted by Crippen LogP contribution is -2.00. The molecule has 2 rings (SSSR count). The highest BCUT2D eigenvalue weighted by Gasteiger charge is 2.17. The fourth-order valence-corrected chi connectivity index (χ4v) is 2.65. The molecule has 0 radical (unpaired) electrons. The average molecular weight is 335 g/mol. The van der Waals surface area contributed by atoms with Crippen molar-refractivity contribution in [2.45, 2.75) is 18.7 Å². The molecule has 0 aliphatic heterocycles. The summed E-state index contributed by atoms with van der Waals surface area (Å²) < 4.78 is 36.9. The van der Waals surface area contributed by atoms with E-state index >= 15 is 0 Å². The van der Waals surface area contributed by atoms with Crippen molar-refractivity contribution in [1.29, 1.82) is 0 Å². The largest absolute Gasteiger partial charge is 0.495 e. The fourth-order valence-electron chi connectivity index (χ4n) is 1.97. The lowest BCUT2D eigenvalue weighted by molar-refractivity contribution is 0.397. The SMILES string of the molecule is COc1ccc(N=Nc2cc(C)c(N)cc2C)cc1S(=O)(=O)O. The number of hydrogen-bond acceptors (Lipinski definition) is 6. The molecule has 0 saturated carbocycles. The molecular weight excluding hydrogens is 318 g/mol. The molecule has 23 heavy (non-hydrogen) atoms. The summed E-state index contributed by atoms with van der Waals surface area (Å²) in [6.45, 7) is 3.71. The third kappa shape index (κ3) is 3.85. The molecule has 0 aliphatic carbocycles. The zero-order valence-corrected chi connectivity index (χ0v) is 13.8. The summed E-state index contributed by atoms with van der Waals surface area (Å²) in [5.41, 5.74) is 9.10. The Morgan fingerprint density at radius 2 is 1.78 bits per heavy atom. The maximum Gasteiger partial charge on any atom is 0.298 e. The predicted octanol–water partition coefficient (Wildman–Crippen LogP) is 3.56. The first kappa shape index (κ1) is 16.9. The van der Waals surface area contributed by atoms with Crippen LogP contribution in [0.15, 0.2) is 45.5 Å². The molecule has 0 spiro atoms. The van der Waals surface area contributed by atoms with Crippen LogP contribution in [0.2, 0.25) is 0 Å². The number of rotatable bonds is 4. The van der Waals surface area contributed by atoms with E-state index in [9.17, 15) is 13.0 Å². The summed E-state index contributed by atoms with van der Waals surface area (Å²) in [5.74, 6) is 0.0333. The Balaban J connectivity index is 2.43. The van der Waals surface area contributed by atoms with Crippen molar-refractivity contribution in [3.05, 3.63) is 41.5 Å². The fraction of sp³-hybridized carbons (Fsp3) is 0.200. The van der Waals surface area contributed by atoms with Gasteiger partial charge in [-0.25, -0.2) is 0 Å². The maximum absolute atomic E-state index is 11.4. The zero-order chi connectivity index (χ0) is 17.2. The van der Waals surface area contributed by atoms with E-state index in [2.05, 4.69) is 10.2 Å². The molecule has 0 heterocycles. The third-order valence-corrected chi connectivity index (χ3v) is 4.16. The highest BCUT2D eigenvalue weighted by molar-refractivity contribution is 7.86. The quantitative estimate of drug-likeness (QED) is 0.503. The summed E-state index contributed by atoms with van der Waals surface area (Å²) in [6.07, 6.45) is 0. The van der Waals surface area contributed by atoms with E-state index in [0.717, 1.165) is 11.1 Å². The summed E-state index contributed by atoms with van der Waals surface area (Å²) in [7, 11) is -3.10. The highest BCUT2D eigenvalue weighted by Crippen LogP contribution is 2.30. The van der Waals surface area contributed by atoms with Gasteiger partial charge in [0.25, 0.3) is 10.1 Å². The van der Waals surface area contributed by atoms with E-state index in [1.165, 1.54) is 25.3 Å². The van der Waals surface area contributed by atoms with Crippen molar-refractivity contribution in [3.63, 3.8) is 0 Å². The summed E-state index contributed by atoms with van der Waals surface area (Å²) in [6, 6.07) is 7.72. The molecule has 0 atom stereocenters. The first-order valence-corrected chi connectivity index (χ1v) is 8.10. The van der Waals surface area contributed by atoms with Crippen LogP contribution in [0.25, 0.3) is 0 Å². The highest BCUT2D eigenvalue weighted by atomic mass is 32.2. The van der Waals surface area contributed by atoms with Crippen molar-refractivity contribution in [3.8, 4) is 5.75 Å². The van der Waals surface area contributed by atoms with Crippen LogP contribution in [0, 0.1) is 13.8 Å². The van der Waals surface area contributed by atoms with Gasteiger partial charge in [-0.15, -0.1) is 0 Å². The third-order valence-electron chi connectivity index (χ3n) is 3.28. The second kappa shape index (κ2) is 6.35. The lowest BCUT2D eigenvalue weighted by Gasteiger charge is -2.06. The Bertz CT molecular complexity index is 877. The smallest absolute Gasteiger partial charge is 0.298 e. The number of nitrogen functional groups attached to an aromatic ring is 1. The molecule has 122 valence electrons. The minimum Gasteiger partial charge on any atom is -0.495 e. The number of aryl methyl sites for hydroxylation is 2. The number of ether oxygens (including phenoxy) is 1. The molecule has 0 saturated heterocycles. The number of anilines is 1. The van der Waals surface area contributed by atoms with E-state index in [1.54, 1.807) is 12.1 Å². The van der Waals surface area contributed by atoms with Crippen LogP contribution >= 0.6 is 0 Å². The van der Waals surface area contributed by atoms with E-state index in [1.807, 2.05) is 13.8 Å². The number of nitrogens with zero attached hydrogens (tertiary/aromatic N) is 2. The Morgan fingerprint density at radius 1 is 1.09 bits per heavy atom. The number of azo groups is 1. The summed E-state index contributed by atoms with van der Waals surface area (Å²) in [5, 5.41) is 8.12. The average Bonchev–Trinajstić information content (AvgIpc) is 2.48. The van der Waals surface area contributed by atoms with Crippen LogP contribution in [-0.2, 0) is 10.1 Å². The van der Waals surface area contributed by atoms with Crippen molar-refractivity contribution >= 4 is 27.2 Å². The molecule has 0 bridgehead atoms. The molecule has 2 aromatic carbocycles. The monoisotopic (exact) mass is 335 g/mol. The maximum atomic E-state index is 11.4. The first-order chi connectivity index (χ1) is 10.7. The van der Waals surface area contributed by atoms with Crippen LogP contribution in [0.4, 0.5) is 17.1 Å². The number of methoxy groups -OCH3 is 1. The number of hydrogen-bond donors (Lipinski definition) is 2. The lowest BCUT2D eigenvalue weighted by atomic mass is 10.1. The standard InChI is InChI=1S/C15H17N3O4S/c1-9-7-13(10(2)6-12(9)16)18-17-11-4-5-14(22-3)15(8-11)23(19,20)21/h4-8H,16H2,1-3H3,(H,19,20,21). The Hall–Kier alpha value is -2.45. The van der Waals surface area contributed by atoms with Crippen LogP contribution in [0.5, 0.6) is 5.75 Å². The van der Waals surface area contributed by atoms with Crippen LogP contribution in [0.3, 0.4) is 0 Å². The van der Waals surface area contributed by atoms with Crippen LogP contribution in [0.1, 0.15) is 11.1 Å². The Labute approximate surface area is 134 Å². The minimum atomic E-state index is -4.41. The van der Waals surface area contributed by atoms with Gasteiger partial charge in [-0.05, 0) is 55.3 Å². The van der Waals surface area contributed by atoms with Crippen molar-refractivity contribution in [1.82, 2.24) is 0 Å². The zero-order valence-electron chi connectivity index (χ0n) is 12.9. The normalized spacial score (nSPS) is 11.8. The van der Waals surface area contributed by atoms with Gasteiger partial charge in [0.1, 0.15) is 10.6 Å². The van der Waals surface area contributed by atoms with Gasteiger partial charge in [-0.1, -0.05) is 0 Å². The van der Waals surface area contributed by atoms with Gasteiger partial charge in [0.2, 0.25) is 0 Å². The van der Waals surface area contributed by atoms with Gasteiger partial charge in [0, 0.05) is 5.69 Å². The summed E-state index contributed by atoms with van der Waals surface area (Å²) in [4.78, 5) is -0.360. The van der Waals surface area contributed by atoms with Gasteiger partial charge in [-0.2, -0.15) is 18.6 Å². The molecule has 0 amide bonds. The van der Waals surface area contributed by atoms with Crippen LogP contribution in [-0.4, -0.2) is 20.1 Å². The molecule has 0 aromatic heterocycles. The van der Waals surface area contributed by atoms with E-state index < -0.39 is 10.1 Å². The second-order valence-electron chi connectivity index (χ2n) is 5.01. The molecule has 0 unspecified atom stereocenters. The second-order valence-corrected chi connectivity index (χ2v) is 6.40. The molecule has 3 N–H and O–H groups in total. The summed E-state index contributed by atoms with van der Waals surface area (Å²) >= 11 is 0. The minimum absolute atomic E-state index is 0.0333. The van der Waals surface area contributed by atoms with Crippen molar-refractivity contribution in [2.75, 3.05) is 12.8 Å². The van der Waals surface area contributed by atoms with Crippen molar-refractivity contribution in [2.24, 2.45) is 10.2 Å². The Kier molecular flexibility index (Phi) is 4.67. The molecule has 7 nitrogen and oxygen atoms in total. The topological polar surface area (TPSA) is 114 Å². The van der Waals surface area contributed by atoms with E-state index in [-0.39, 0.29) is 16.3 Å². The van der Waals surface area contributed by atoms with Gasteiger partial charge in [-0.3, -0.25) is 4.55 Å². The molecular formula is C15H17N3O4S. The number of nitrogens with two attached hydrogens (primary N) is 1. The van der Waals surface area contributed by atoms with E-state index in [0.29, 0.717) is 11.4 Å². The predicted molar refractivity (Wildman–Crippen MR) is 87.3 cm³/mol. The van der Waals surface area contributed by atoms with Gasteiger partial charge >= 0.3 is 0 Å². The molecule has 2 aromatic rings. The van der Waals surface area contributed by atoms with Gasteiger partial charge in [0.15, 0.2) is 0 Å². The first-order valence-electron chi connectivity index (χ1n) is 6.66. The van der Waals surface area contributed by atoms with Gasteiger partial charge < -0.3 is 10.5 Å². The Morgan fingerprint density at radius 3 is 2.39 bits per heavy atom. The number of benzene rings is 2. The van der Waals surface area contributed by atoms with E-state index in [4.69, 9.17) is 10.5 Å². The van der Waals surface area contributed by atoms with Gasteiger partial charge in [0.05, 0.1) is 18.5 Å². The van der Waals surface area contributed by atoms with Crippen LogP contribution < -0.4 is 10.5 Å². The molecule has 0 aliphatic rings. The molecule has 0 fully saturated rings. The molecule has 8 heteroatoms.